The minimum absolute atomic E-state index is 0.00791. The number of hydrogen-bond donors (Lipinski definition) is 0. The number of benzene rings is 2. The highest BCUT2D eigenvalue weighted by molar-refractivity contribution is 7.99. The summed E-state index contributed by atoms with van der Waals surface area (Å²) in [5.74, 6) is 12.1. The topological polar surface area (TPSA) is 0 Å². The fourth-order valence-electron chi connectivity index (χ4n) is 5.93. The zero-order valence-electron chi connectivity index (χ0n) is 25.0. The van der Waals surface area contributed by atoms with Gasteiger partial charge in [0.15, 0.2) is 0 Å². The Morgan fingerprint density at radius 3 is 1.23 bits per heavy atom. The van der Waals surface area contributed by atoms with Gasteiger partial charge in [-0.2, -0.15) is 26.3 Å². The SMILES string of the molecule is CCc1cc(Sc2cc(CC)cc(C(F)(F)F)c2C#CC2CCCCCC2)c(C#CC2CCCCCC2)c(C(F)(F)F)c1. The molecule has 0 radical (unpaired) electrons. The van der Waals surface area contributed by atoms with Crippen molar-refractivity contribution in [2.45, 2.75) is 126 Å². The maximum atomic E-state index is 14.4. The number of alkyl halides is 6. The maximum absolute atomic E-state index is 14.4. The first-order chi connectivity index (χ1) is 20.5. The van der Waals surface area contributed by atoms with Crippen molar-refractivity contribution >= 4 is 11.8 Å². The maximum Gasteiger partial charge on any atom is 0.417 e. The molecule has 43 heavy (non-hydrogen) atoms. The molecule has 0 spiro atoms. The highest BCUT2D eigenvalue weighted by Crippen LogP contribution is 2.44. The molecule has 4 rings (SSSR count). The summed E-state index contributed by atoms with van der Waals surface area (Å²) < 4.78 is 86.7. The van der Waals surface area contributed by atoms with Crippen molar-refractivity contribution in [3.8, 4) is 23.7 Å². The van der Waals surface area contributed by atoms with Gasteiger partial charge in [0.05, 0.1) is 22.3 Å². The Bertz CT molecular complexity index is 1260. The summed E-state index contributed by atoms with van der Waals surface area (Å²) >= 11 is 0.937. The van der Waals surface area contributed by atoms with E-state index in [9.17, 15) is 26.3 Å². The molecule has 0 nitrogen and oxygen atoms in total. The first-order valence-corrected chi connectivity index (χ1v) is 16.5. The Morgan fingerprint density at radius 2 is 0.930 bits per heavy atom. The number of rotatable bonds is 4. The molecule has 0 atom stereocenters. The third-order valence-corrected chi connectivity index (χ3v) is 9.57. The predicted molar refractivity (Wildman–Crippen MR) is 162 cm³/mol. The molecule has 2 aromatic carbocycles. The van der Waals surface area contributed by atoms with Gasteiger partial charge in [0, 0.05) is 21.6 Å². The van der Waals surface area contributed by atoms with Crippen LogP contribution in [0.5, 0.6) is 0 Å². The van der Waals surface area contributed by atoms with E-state index in [1.54, 1.807) is 26.0 Å². The second kappa shape index (κ2) is 15.0. The number of hydrogen-bond acceptors (Lipinski definition) is 1. The lowest BCUT2D eigenvalue weighted by atomic mass is 9.98. The fraction of sp³-hybridized carbons (Fsp3) is 0.556. The lowest BCUT2D eigenvalue weighted by Crippen LogP contribution is -2.11. The Hall–Kier alpha value is -2.51. The normalized spacial score (nSPS) is 17.3. The van der Waals surface area contributed by atoms with Crippen LogP contribution in [0.4, 0.5) is 26.3 Å². The van der Waals surface area contributed by atoms with Crippen molar-refractivity contribution in [1.29, 1.82) is 0 Å². The smallest absolute Gasteiger partial charge is 0.166 e. The lowest BCUT2D eigenvalue weighted by Gasteiger charge is -2.19. The highest BCUT2D eigenvalue weighted by Gasteiger charge is 2.37. The third kappa shape index (κ3) is 9.24. The van der Waals surface area contributed by atoms with E-state index in [1.807, 2.05) is 0 Å². The van der Waals surface area contributed by atoms with Gasteiger partial charge in [-0.3, -0.25) is 0 Å². The van der Waals surface area contributed by atoms with Crippen LogP contribution in [-0.4, -0.2) is 0 Å². The summed E-state index contributed by atoms with van der Waals surface area (Å²) in [6.07, 6.45) is 3.14. The molecule has 2 aliphatic carbocycles. The molecule has 2 fully saturated rings. The largest absolute Gasteiger partial charge is 0.417 e. The molecule has 0 aromatic heterocycles. The predicted octanol–water partition coefficient (Wildman–Crippen LogP) is 11.6. The molecule has 0 amide bonds. The summed E-state index contributed by atoms with van der Waals surface area (Å²) in [5, 5.41) is 0. The summed E-state index contributed by atoms with van der Waals surface area (Å²) in [5.41, 5.74) is -1.05. The second-order valence-electron chi connectivity index (χ2n) is 11.8. The fourth-order valence-corrected chi connectivity index (χ4v) is 7.12. The van der Waals surface area contributed by atoms with E-state index in [1.165, 1.54) is 0 Å². The van der Waals surface area contributed by atoms with Gasteiger partial charge in [-0.25, -0.2) is 0 Å². The van der Waals surface area contributed by atoms with Gasteiger partial charge in [-0.05, 0) is 73.9 Å². The average Bonchev–Trinajstić information content (AvgIpc) is 3.39. The van der Waals surface area contributed by atoms with Crippen LogP contribution in [0, 0.1) is 35.5 Å². The van der Waals surface area contributed by atoms with E-state index in [2.05, 4.69) is 23.7 Å². The molecule has 0 saturated heterocycles. The molecule has 0 bridgehead atoms. The van der Waals surface area contributed by atoms with Gasteiger partial charge in [-0.15, -0.1) is 0 Å². The van der Waals surface area contributed by atoms with Crippen LogP contribution < -0.4 is 0 Å². The number of aryl methyl sites for hydroxylation is 2. The molecule has 2 aromatic rings. The average molecular weight is 619 g/mol. The van der Waals surface area contributed by atoms with Crippen LogP contribution in [0.15, 0.2) is 34.1 Å². The minimum atomic E-state index is -4.65. The summed E-state index contributed by atoms with van der Waals surface area (Å²) in [7, 11) is 0. The van der Waals surface area contributed by atoms with Crippen LogP contribution >= 0.6 is 11.8 Å². The zero-order chi connectivity index (χ0) is 31.0. The van der Waals surface area contributed by atoms with Crippen molar-refractivity contribution < 1.29 is 26.3 Å². The zero-order valence-corrected chi connectivity index (χ0v) is 25.9. The molecule has 0 unspecified atom stereocenters. The molecule has 0 aliphatic heterocycles. The van der Waals surface area contributed by atoms with E-state index in [0.717, 1.165) is 101 Å². The Labute approximate surface area is 256 Å². The summed E-state index contributed by atoms with van der Waals surface area (Å²) in [6.45, 7) is 3.54. The summed E-state index contributed by atoms with van der Waals surface area (Å²) in [4.78, 5) is 0.457. The highest BCUT2D eigenvalue weighted by atomic mass is 32.2. The molecule has 0 heterocycles. The van der Waals surface area contributed by atoms with E-state index >= 15 is 0 Å². The van der Waals surface area contributed by atoms with E-state index < -0.39 is 23.5 Å². The van der Waals surface area contributed by atoms with Crippen LogP contribution in [0.1, 0.15) is 124 Å². The van der Waals surface area contributed by atoms with Gasteiger partial charge < -0.3 is 0 Å². The van der Waals surface area contributed by atoms with E-state index in [-0.39, 0.29) is 32.8 Å². The van der Waals surface area contributed by atoms with Crippen molar-refractivity contribution in [2.24, 2.45) is 11.8 Å². The Balaban J connectivity index is 1.89. The molecular weight excluding hydrogens is 578 g/mol. The molecular formula is C36H40F6S. The quantitative estimate of drug-likeness (QED) is 0.187. The third-order valence-electron chi connectivity index (χ3n) is 8.48. The van der Waals surface area contributed by atoms with Gasteiger partial charge in [-0.1, -0.05) is 101 Å². The van der Waals surface area contributed by atoms with Gasteiger partial charge in [0.25, 0.3) is 0 Å². The van der Waals surface area contributed by atoms with Gasteiger partial charge in [0.1, 0.15) is 0 Å². The second-order valence-corrected chi connectivity index (χ2v) is 12.8. The molecule has 232 valence electrons. The first kappa shape index (κ1) is 33.4. The Morgan fingerprint density at radius 1 is 0.581 bits per heavy atom. The van der Waals surface area contributed by atoms with Crippen molar-refractivity contribution in [3.05, 3.63) is 57.6 Å². The standard InChI is InChI=1S/C36H40F6S/c1-3-25-21-31(35(37,38)39)29(19-17-27-13-9-5-6-10-14-27)33(23-25)43-34-24-26(4-2)22-32(36(40,41)42)30(34)20-18-28-15-11-7-8-12-16-28/h21-24,27-28H,3-16H2,1-2H3. The van der Waals surface area contributed by atoms with Crippen LogP contribution in [-0.2, 0) is 25.2 Å². The first-order valence-electron chi connectivity index (χ1n) is 15.7. The van der Waals surface area contributed by atoms with Crippen molar-refractivity contribution in [2.75, 3.05) is 0 Å². The van der Waals surface area contributed by atoms with Crippen LogP contribution in [0.3, 0.4) is 0 Å². The Kier molecular flexibility index (Phi) is 11.6. The van der Waals surface area contributed by atoms with Crippen molar-refractivity contribution in [1.82, 2.24) is 0 Å². The molecule has 2 saturated carbocycles. The van der Waals surface area contributed by atoms with Gasteiger partial charge in [0.2, 0.25) is 0 Å². The summed E-state index contributed by atoms with van der Waals surface area (Å²) in [6, 6.07) is 5.59. The van der Waals surface area contributed by atoms with Gasteiger partial charge >= 0.3 is 12.4 Å². The lowest BCUT2D eigenvalue weighted by molar-refractivity contribution is -0.138. The molecule has 2 aliphatic rings. The number of halogens is 6. The minimum Gasteiger partial charge on any atom is -0.166 e. The van der Waals surface area contributed by atoms with E-state index in [4.69, 9.17) is 0 Å². The van der Waals surface area contributed by atoms with E-state index in [0.29, 0.717) is 24.0 Å². The van der Waals surface area contributed by atoms with Crippen LogP contribution in [0.2, 0.25) is 0 Å². The molecule has 0 N–H and O–H groups in total. The van der Waals surface area contributed by atoms with Crippen molar-refractivity contribution in [3.63, 3.8) is 0 Å². The molecule has 7 heteroatoms. The van der Waals surface area contributed by atoms with Crippen LogP contribution in [0.25, 0.3) is 0 Å². The monoisotopic (exact) mass is 618 g/mol.